The summed E-state index contributed by atoms with van der Waals surface area (Å²) in [5.74, 6) is 0.713. The van der Waals surface area contributed by atoms with E-state index in [-0.39, 0.29) is 23.4 Å². The van der Waals surface area contributed by atoms with E-state index in [4.69, 9.17) is 0 Å². The van der Waals surface area contributed by atoms with Crippen LogP contribution in [0.25, 0.3) is 11.3 Å². The second-order valence-corrected chi connectivity index (χ2v) is 9.94. The normalized spacial score (nSPS) is 26.5. The zero-order valence-corrected chi connectivity index (χ0v) is 19.3. The van der Waals surface area contributed by atoms with Gasteiger partial charge in [-0.05, 0) is 73.4 Å². The molecule has 1 amide bonds. The molecule has 1 saturated heterocycles. The van der Waals surface area contributed by atoms with Gasteiger partial charge in [-0.1, -0.05) is 6.07 Å². The van der Waals surface area contributed by atoms with Crippen LogP contribution < -0.4 is 5.32 Å². The number of carbonyl (C=O) groups is 1. The first-order chi connectivity index (χ1) is 16.7. The quantitative estimate of drug-likeness (QED) is 0.577. The van der Waals surface area contributed by atoms with Crippen molar-refractivity contribution >= 4 is 11.7 Å². The largest absolute Gasteiger partial charge is 0.417 e. The lowest BCUT2D eigenvalue weighted by Crippen LogP contribution is -2.60. The molecule has 1 aliphatic heterocycles. The summed E-state index contributed by atoms with van der Waals surface area (Å²) in [4.78, 5) is 28.8. The van der Waals surface area contributed by atoms with Crippen LogP contribution in [0.5, 0.6) is 0 Å². The molecule has 35 heavy (non-hydrogen) atoms. The average Bonchev–Trinajstić information content (AvgIpc) is 3.47. The predicted molar refractivity (Wildman–Crippen MR) is 124 cm³/mol. The molecule has 0 radical (unpaired) electrons. The number of hydrogen-bond donors (Lipinski definition) is 1. The molecule has 6 rings (SSSR count). The van der Waals surface area contributed by atoms with Crippen molar-refractivity contribution in [3.8, 4) is 11.3 Å². The molecule has 4 atom stereocenters. The Balaban J connectivity index is 1.28. The molecular weight excluding hydrogens is 455 g/mol. The van der Waals surface area contributed by atoms with Gasteiger partial charge in [-0.2, -0.15) is 13.2 Å². The van der Waals surface area contributed by atoms with Gasteiger partial charge in [-0.15, -0.1) is 0 Å². The van der Waals surface area contributed by atoms with Crippen LogP contribution in [-0.2, 0) is 6.18 Å². The smallest absolute Gasteiger partial charge is 0.365 e. The second kappa shape index (κ2) is 7.50. The lowest BCUT2D eigenvalue weighted by molar-refractivity contribution is -0.137. The van der Waals surface area contributed by atoms with Crippen LogP contribution in [0.3, 0.4) is 0 Å². The van der Waals surface area contributed by atoms with Gasteiger partial charge >= 0.3 is 6.18 Å². The van der Waals surface area contributed by atoms with Crippen molar-refractivity contribution in [1.82, 2.24) is 19.9 Å². The summed E-state index contributed by atoms with van der Waals surface area (Å²) >= 11 is 0. The van der Waals surface area contributed by atoms with Crippen molar-refractivity contribution in [2.24, 2.45) is 11.3 Å². The van der Waals surface area contributed by atoms with E-state index in [9.17, 15) is 18.0 Å². The van der Waals surface area contributed by atoms with E-state index in [1.54, 1.807) is 12.4 Å². The number of carbonyl (C=O) groups excluding carboxylic acids is 1. The summed E-state index contributed by atoms with van der Waals surface area (Å²) in [6.45, 7) is 4.58. The number of alkyl halides is 3. The molecule has 4 unspecified atom stereocenters. The maximum Gasteiger partial charge on any atom is 0.417 e. The third-order valence-corrected chi connectivity index (χ3v) is 7.90. The van der Waals surface area contributed by atoms with Gasteiger partial charge in [-0.3, -0.25) is 14.8 Å². The lowest BCUT2D eigenvalue weighted by atomic mass is 9.71. The number of likely N-dealkylation sites (tertiary alicyclic amines) is 1. The van der Waals surface area contributed by atoms with Crippen molar-refractivity contribution < 1.29 is 18.0 Å². The van der Waals surface area contributed by atoms with Gasteiger partial charge in [0, 0.05) is 36.7 Å². The minimum atomic E-state index is -4.42. The number of piperidine rings is 1. The molecule has 3 aliphatic rings. The van der Waals surface area contributed by atoms with Crippen molar-refractivity contribution in [2.45, 2.75) is 44.9 Å². The van der Waals surface area contributed by atoms with Gasteiger partial charge in [0.25, 0.3) is 5.91 Å². The summed E-state index contributed by atoms with van der Waals surface area (Å²) in [5.41, 5.74) is 3.11. The summed E-state index contributed by atoms with van der Waals surface area (Å²) in [5, 5.41) is 3.28. The molecule has 4 heterocycles. The fourth-order valence-electron chi connectivity index (χ4n) is 6.10. The molecule has 3 aromatic rings. The highest BCUT2D eigenvalue weighted by atomic mass is 19.4. The number of halogens is 3. The summed E-state index contributed by atoms with van der Waals surface area (Å²) in [6, 6.07) is 7.98. The van der Waals surface area contributed by atoms with Crippen molar-refractivity contribution in [3.05, 3.63) is 71.3 Å². The number of hydrogen-bond acceptors (Lipinski definition) is 5. The standard InChI is InChI=1S/C26H24F3N5O/c1-14-7-9-31-22(20(14)21-15(2)4-3-8-30-21)24(35)34-13-17-10-25(17)11-18(23(25)34)33-19-6-5-16(12-32-19)26(27,28)29/h3-9,12,17-18,23H,10-11,13H2,1-2H3,(H,32,33). The summed E-state index contributed by atoms with van der Waals surface area (Å²) in [6.07, 6.45) is 1.74. The van der Waals surface area contributed by atoms with Gasteiger partial charge in [-0.25, -0.2) is 4.98 Å². The molecule has 0 bridgehead atoms. The van der Waals surface area contributed by atoms with Crippen molar-refractivity contribution in [1.29, 1.82) is 0 Å². The topological polar surface area (TPSA) is 71.0 Å². The monoisotopic (exact) mass is 479 g/mol. The van der Waals surface area contributed by atoms with Gasteiger partial charge < -0.3 is 10.2 Å². The van der Waals surface area contributed by atoms with E-state index >= 15 is 0 Å². The molecule has 2 aliphatic carbocycles. The van der Waals surface area contributed by atoms with Crippen LogP contribution in [0, 0.1) is 25.2 Å². The van der Waals surface area contributed by atoms with E-state index in [0.717, 1.165) is 47.5 Å². The third kappa shape index (κ3) is 3.39. The number of aromatic nitrogens is 3. The number of pyridine rings is 3. The van der Waals surface area contributed by atoms with Crippen molar-refractivity contribution in [2.75, 3.05) is 11.9 Å². The highest BCUT2D eigenvalue weighted by Crippen LogP contribution is 2.71. The van der Waals surface area contributed by atoms with E-state index in [1.807, 2.05) is 36.9 Å². The third-order valence-electron chi connectivity index (χ3n) is 7.90. The first-order valence-corrected chi connectivity index (χ1v) is 11.7. The Morgan fingerprint density at radius 2 is 1.89 bits per heavy atom. The lowest BCUT2D eigenvalue weighted by Gasteiger charge is -2.48. The second-order valence-electron chi connectivity index (χ2n) is 9.94. The number of amides is 1. The highest BCUT2D eigenvalue weighted by Gasteiger charge is 2.75. The van der Waals surface area contributed by atoms with Crippen LogP contribution in [0.2, 0.25) is 0 Å². The minimum absolute atomic E-state index is 0.0379. The van der Waals surface area contributed by atoms with Crippen LogP contribution in [0.1, 0.15) is 40.0 Å². The van der Waals surface area contributed by atoms with Crippen LogP contribution in [0.4, 0.5) is 19.0 Å². The molecule has 9 heteroatoms. The van der Waals surface area contributed by atoms with Crippen LogP contribution >= 0.6 is 0 Å². The molecule has 0 aromatic carbocycles. The molecule has 1 N–H and O–H groups in total. The minimum Gasteiger partial charge on any atom is -0.365 e. The molecule has 3 fully saturated rings. The Hall–Kier alpha value is -3.49. The number of nitrogens with zero attached hydrogens (tertiary/aromatic N) is 4. The average molecular weight is 480 g/mol. The Morgan fingerprint density at radius 3 is 2.60 bits per heavy atom. The maximum absolute atomic E-state index is 13.9. The molecular formula is C26H24F3N5O. The number of rotatable bonds is 4. The SMILES string of the molecule is Cc1cccnc1-c1c(C)ccnc1C(=O)N1CC2CC23CC(Nc2ccc(C(F)(F)F)cn2)C13. The Morgan fingerprint density at radius 1 is 1.06 bits per heavy atom. The Labute approximate surface area is 200 Å². The van der Waals surface area contributed by atoms with Gasteiger partial charge in [0.05, 0.1) is 17.3 Å². The maximum atomic E-state index is 13.9. The van der Waals surface area contributed by atoms with E-state index in [0.29, 0.717) is 24.0 Å². The highest BCUT2D eigenvalue weighted by molar-refractivity contribution is 6.00. The summed E-state index contributed by atoms with van der Waals surface area (Å²) < 4.78 is 38.7. The van der Waals surface area contributed by atoms with Gasteiger partial charge in [0.1, 0.15) is 11.5 Å². The van der Waals surface area contributed by atoms with Gasteiger partial charge in [0.2, 0.25) is 0 Å². The van der Waals surface area contributed by atoms with E-state index in [1.165, 1.54) is 6.07 Å². The predicted octanol–water partition coefficient (Wildman–Crippen LogP) is 4.89. The van der Waals surface area contributed by atoms with Crippen LogP contribution in [-0.4, -0.2) is 44.4 Å². The molecule has 2 saturated carbocycles. The molecule has 3 aromatic heterocycles. The Kier molecular flexibility index (Phi) is 4.72. The van der Waals surface area contributed by atoms with E-state index < -0.39 is 11.7 Å². The molecule has 6 nitrogen and oxygen atoms in total. The molecule has 1 spiro atoms. The van der Waals surface area contributed by atoms with Crippen molar-refractivity contribution in [3.63, 3.8) is 0 Å². The fourth-order valence-corrected chi connectivity index (χ4v) is 6.10. The zero-order chi connectivity index (χ0) is 24.5. The fraction of sp³-hybridized carbons (Fsp3) is 0.385. The zero-order valence-electron chi connectivity index (χ0n) is 19.3. The number of nitrogens with one attached hydrogen (secondary N) is 1. The number of aryl methyl sites for hydroxylation is 2. The Bertz CT molecular complexity index is 1330. The first kappa shape index (κ1) is 22.0. The number of anilines is 1. The summed E-state index contributed by atoms with van der Waals surface area (Å²) in [7, 11) is 0. The van der Waals surface area contributed by atoms with E-state index in [2.05, 4.69) is 20.3 Å². The molecule has 180 valence electrons. The van der Waals surface area contributed by atoms with Gasteiger partial charge in [0.15, 0.2) is 0 Å². The van der Waals surface area contributed by atoms with Crippen LogP contribution in [0.15, 0.2) is 48.9 Å². The first-order valence-electron chi connectivity index (χ1n) is 11.7.